The molecule has 0 aliphatic heterocycles. The molecule has 0 radical (unpaired) electrons. The number of para-hydroxylation sites is 1. The Labute approximate surface area is 142 Å². The first-order chi connectivity index (χ1) is 12.1. The molecule has 0 saturated carbocycles. The molecule has 1 amide bonds. The summed E-state index contributed by atoms with van der Waals surface area (Å²) in [5.41, 5.74) is 1.86. The van der Waals surface area contributed by atoms with E-state index in [1.165, 1.54) is 30.3 Å². The Kier molecular flexibility index (Phi) is 4.26. The van der Waals surface area contributed by atoms with Gasteiger partial charge in [-0.2, -0.15) is 5.26 Å². The minimum Gasteiger partial charge on any atom is -0.361 e. The maximum Gasteiger partial charge on any atom is 0.269 e. The molecule has 3 aromatic rings. The predicted molar refractivity (Wildman–Crippen MR) is 93.6 cm³/mol. The van der Waals surface area contributed by atoms with Crippen LogP contribution >= 0.6 is 0 Å². The van der Waals surface area contributed by atoms with Gasteiger partial charge in [0.1, 0.15) is 11.6 Å². The van der Waals surface area contributed by atoms with E-state index in [9.17, 15) is 20.2 Å². The predicted octanol–water partition coefficient (Wildman–Crippen LogP) is 3.62. The Balaban J connectivity index is 1.84. The molecule has 0 unspecified atom stereocenters. The smallest absolute Gasteiger partial charge is 0.269 e. The minimum absolute atomic E-state index is 0.0666. The van der Waals surface area contributed by atoms with Crippen LogP contribution in [0.3, 0.4) is 0 Å². The second-order valence-electron chi connectivity index (χ2n) is 5.22. The van der Waals surface area contributed by atoms with E-state index < -0.39 is 10.8 Å². The van der Waals surface area contributed by atoms with Gasteiger partial charge in [0.15, 0.2) is 0 Å². The maximum atomic E-state index is 12.3. The number of nitro benzene ring substituents is 1. The number of aromatic nitrogens is 1. The molecule has 0 atom stereocenters. The van der Waals surface area contributed by atoms with Gasteiger partial charge in [-0.15, -0.1) is 0 Å². The molecule has 7 heteroatoms. The molecular formula is C18H12N4O3. The molecule has 0 spiro atoms. The molecule has 25 heavy (non-hydrogen) atoms. The summed E-state index contributed by atoms with van der Waals surface area (Å²) in [6.07, 6.45) is 3.22. The molecular weight excluding hydrogens is 320 g/mol. The van der Waals surface area contributed by atoms with Crippen LogP contribution in [-0.4, -0.2) is 15.8 Å². The van der Waals surface area contributed by atoms with Crippen molar-refractivity contribution in [2.75, 3.05) is 5.32 Å². The van der Waals surface area contributed by atoms with Gasteiger partial charge in [-0.3, -0.25) is 14.9 Å². The number of amides is 1. The first-order valence-corrected chi connectivity index (χ1v) is 7.32. The number of nitro groups is 1. The highest BCUT2D eigenvalue weighted by molar-refractivity contribution is 6.10. The van der Waals surface area contributed by atoms with E-state index in [1.54, 1.807) is 6.20 Å². The zero-order valence-electron chi connectivity index (χ0n) is 12.9. The summed E-state index contributed by atoms with van der Waals surface area (Å²) in [5, 5.41) is 23.4. The Morgan fingerprint density at radius 2 is 1.92 bits per heavy atom. The van der Waals surface area contributed by atoms with Gasteiger partial charge in [0, 0.05) is 40.5 Å². The summed E-state index contributed by atoms with van der Waals surface area (Å²) in [7, 11) is 0. The van der Waals surface area contributed by atoms with Gasteiger partial charge in [-0.25, -0.2) is 0 Å². The number of H-pyrrole nitrogens is 1. The zero-order chi connectivity index (χ0) is 17.8. The van der Waals surface area contributed by atoms with Crippen LogP contribution in [0.1, 0.15) is 5.56 Å². The summed E-state index contributed by atoms with van der Waals surface area (Å²) >= 11 is 0. The Morgan fingerprint density at radius 3 is 2.60 bits per heavy atom. The molecule has 0 aliphatic rings. The molecule has 0 aliphatic carbocycles. The summed E-state index contributed by atoms with van der Waals surface area (Å²) in [5.74, 6) is -0.582. The van der Waals surface area contributed by atoms with Crippen LogP contribution in [0.5, 0.6) is 0 Å². The zero-order valence-corrected chi connectivity index (χ0v) is 12.9. The average Bonchev–Trinajstić information content (AvgIpc) is 3.03. The molecule has 0 fully saturated rings. The topological polar surface area (TPSA) is 112 Å². The second-order valence-corrected chi connectivity index (χ2v) is 5.22. The van der Waals surface area contributed by atoms with Crippen molar-refractivity contribution in [3.05, 3.63) is 76.0 Å². The van der Waals surface area contributed by atoms with Gasteiger partial charge in [-0.05, 0) is 24.3 Å². The van der Waals surface area contributed by atoms with E-state index in [1.807, 2.05) is 30.3 Å². The number of carbonyl (C=O) groups is 1. The normalized spacial score (nSPS) is 11.1. The van der Waals surface area contributed by atoms with Crippen LogP contribution in [0.25, 0.3) is 17.0 Å². The van der Waals surface area contributed by atoms with Crippen LogP contribution in [0.15, 0.2) is 60.3 Å². The van der Waals surface area contributed by atoms with Crippen LogP contribution < -0.4 is 5.32 Å². The van der Waals surface area contributed by atoms with Crippen molar-refractivity contribution in [2.24, 2.45) is 0 Å². The van der Waals surface area contributed by atoms with Crippen LogP contribution in [0, 0.1) is 21.4 Å². The fourth-order valence-electron chi connectivity index (χ4n) is 2.38. The van der Waals surface area contributed by atoms with Gasteiger partial charge in [0.05, 0.1) is 4.92 Å². The molecule has 1 heterocycles. The number of anilines is 1. The number of fused-ring (bicyclic) bond motifs is 1. The lowest BCUT2D eigenvalue weighted by Crippen LogP contribution is -2.13. The quantitative estimate of drug-likeness (QED) is 0.329. The Hall–Kier alpha value is -3.92. The SMILES string of the molecule is N#C/C(=C\c1c[nH]c2ccccc12)C(=O)Nc1ccc([N+](=O)[O-])cc1. The number of nitrogens with one attached hydrogen (secondary N) is 2. The van der Waals surface area contributed by atoms with Crippen molar-refractivity contribution in [2.45, 2.75) is 0 Å². The Bertz CT molecular complexity index is 1030. The molecule has 3 rings (SSSR count). The number of benzene rings is 2. The lowest BCUT2D eigenvalue weighted by atomic mass is 10.1. The fourth-order valence-corrected chi connectivity index (χ4v) is 2.38. The summed E-state index contributed by atoms with van der Waals surface area (Å²) in [4.78, 5) is 25.5. The number of nitriles is 1. The first-order valence-electron chi connectivity index (χ1n) is 7.32. The number of hydrogen-bond acceptors (Lipinski definition) is 4. The van der Waals surface area contributed by atoms with Gasteiger partial charge >= 0.3 is 0 Å². The highest BCUT2D eigenvalue weighted by Crippen LogP contribution is 2.21. The van der Waals surface area contributed by atoms with Crippen LogP contribution in [-0.2, 0) is 4.79 Å². The third kappa shape index (κ3) is 3.38. The number of hydrogen-bond donors (Lipinski definition) is 2. The van der Waals surface area contributed by atoms with Crippen molar-refractivity contribution >= 4 is 34.3 Å². The van der Waals surface area contributed by atoms with Crippen LogP contribution in [0.4, 0.5) is 11.4 Å². The number of aromatic amines is 1. The van der Waals surface area contributed by atoms with E-state index in [2.05, 4.69) is 10.3 Å². The average molecular weight is 332 g/mol. The van der Waals surface area contributed by atoms with E-state index in [0.717, 1.165) is 16.5 Å². The number of non-ortho nitro benzene ring substituents is 1. The molecule has 7 nitrogen and oxygen atoms in total. The van der Waals surface area contributed by atoms with Gasteiger partial charge in [-0.1, -0.05) is 18.2 Å². The highest BCUT2D eigenvalue weighted by Gasteiger charge is 2.12. The summed E-state index contributed by atoms with van der Waals surface area (Å²) in [6.45, 7) is 0. The van der Waals surface area contributed by atoms with Crippen molar-refractivity contribution in [3.8, 4) is 6.07 Å². The number of carbonyl (C=O) groups excluding carboxylic acids is 1. The molecule has 0 bridgehead atoms. The largest absolute Gasteiger partial charge is 0.361 e. The molecule has 0 saturated heterocycles. The van der Waals surface area contributed by atoms with Crippen molar-refractivity contribution < 1.29 is 9.72 Å². The monoisotopic (exact) mass is 332 g/mol. The number of nitrogens with zero attached hydrogens (tertiary/aromatic N) is 2. The van der Waals surface area contributed by atoms with Crippen molar-refractivity contribution in [1.29, 1.82) is 5.26 Å². The summed E-state index contributed by atoms with van der Waals surface area (Å²) in [6, 6.07) is 14.8. The van der Waals surface area contributed by atoms with Gasteiger partial charge < -0.3 is 10.3 Å². The van der Waals surface area contributed by atoms with Gasteiger partial charge in [0.25, 0.3) is 11.6 Å². The maximum absolute atomic E-state index is 12.3. The highest BCUT2D eigenvalue weighted by atomic mass is 16.6. The summed E-state index contributed by atoms with van der Waals surface area (Å²) < 4.78 is 0. The molecule has 2 N–H and O–H groups in total. The number of rotatable bonds is 4. The van der Waals surface area contributed by atoms with Gasteiger partial charge in [0.2, 0.25) is 0 Å². The second kappa shape index (κ2) is 6.68. The van der Waals surface area contributed by atoms with E-state index in [0.29, 0.717) is 5.69 Å². The van der Waals surface area contributed by atoms with E-state index in [-0.39, 0.29) is 11.3 Å². The van der Waals surface area contributed by atoms with E-state index >= 15 is 0 Å². The minimum atomic E-state index is -0.582. The first kappa shape index (κ1) is 16.0. The molecule has 122 valence electrons. The third-order valence-electron chi connectivity index (χ3n) is 3.62. The van der Waals surface area contributed by atoms with E-state index in [4.69, 9.17) is 0 Å². The van der Waals surface area contributed by atoms with Crippen molar-refractivity contribution in [3.63, 3.8) is 0 Å². The molecule has 1 aromatic heterocycles. The Morgan fingerprint density at radius 1 is 1.20 bits per heavy atom. The van der Waals surface area contributed by atoms with Crippen molar-refractivity contribution in [1.82, 2.24) is 4.98 Å². The standard InChI is InChI=1S/C18H12N4O3/c19-10-12(9-13-11-20-17-4-2-1-3-16(13)17)18(23)21-14-5-7-15(8-6-14)22(24)25/h1-9,11,20H,(H,21,23)/b12-9+. The molecule has 2 aromatic carbocycles. The lowest BCUT2D eigenvalue weighted by molar-refractivity contribution is -0.384. The lowest BCUT2D eigenvalue weighted by Gasteiger charge is -2.03. The van der Waals surface area contributed by atoms with Crippen LogP contribution in [0.2, 0.25) is 0 Å². The fraction of sp³-hybridized carbons (Fsp3) is 0. The third-order valence-corrected chi connectivity index (χ3v) is 3.62.